The summed E-state index contributed by atoms with van der Waals surface area (Å²) < 4.78 is 21.4. The largest absolute Gasteiger partial charge is 0.493 e. The Bertz CT molecular complexity index is 564. The van der Waals surface area contributed by atoms with Crippen LogP contribution in [-0.2, 0) is 9.53 Å². The summed E-state index contributed by atoms with van der Waals surface area (Å²) in [5.74, 6) is 1.42. The monoisotopic (exact) mass is 321 g/mol. The average Bonchev–Trinajstić information content (AvgIpc) is 3.10. The number of hydrogen-bond acceptors (Lipinski definition) is 5. The fourth-order valence-electron chi connectivity index (χ4n) is 2.50. The van der Waals surface area contributed by atoms with Crippen molar-refractivity contribution in [2.24, 2.45) is 0 Å². The molecule has 126 valence electrons. The van der Waals surface area contributed by atoms with Crippen molar-refractivity contribution >= 4 is 12.0 Å². The van der Waals surface area contributed by atoms with Gasteiger partial charge in [-0.1, -0.05) is 0 Å². The number of benzene rings is 1. The highest BCUT2D eigenvalue weighted by atomic mass is 16.5. The van der Waals surface area contributed by atoms with Crippen molar-refractivity contribution in [1.82, 2.24) is 5.32 Å². The van der Waals surface area contributed by atoms with Gasteiger partial charge in [-0.2, -0.15) is 0 Å². The van der Waals surface area contributed by atoms with E-state index < -0.39 is 0 Å². The SMILES string of the molecule is COc1ccc(/C=C/C(=O)NC[C@H]2CCCO2)c(OC)c1OC. The third-order valence-electron chi connectivity index (χ3n) is 3.68. The van der Waals surface area contributed by atoms with Crippen LogP contribution in [0.2, 0.25) is 0 Å². The third-order valence-corrected chi connectivity index (χ3v) is 3.68. The van der Waals surface area contributed by atoms with Crippen molar-refractivity contribution in [2.45, 2.75) is 18.9 Å². The van der Waals surface area contributed by atoms with Gasteiger partial charge in [-0.3, -0.25) is 4.79 Å². The first kappa shape index (κ1) is 17.1. The highest BCUT2D eigenvalue weighted by Gasteiger charge is 2.16. The second kappa shape index (κ2) is 8.43. The lowest BCUT2D eigenvalue weighted by Crippen LogP contribution is -2.30. The van der Waals surface area contributed by atoms with Gasteiger partial charge in [-0.15, -0.1) is 0 Å². The fraction of sp³-hybridized carbons (Fsp3) is 0.471. The Morgan fingerprint density at radius 1 is 1.26 bits per heavy atom. The van der Waals surface area contributed by atoms with Crippen LogP contribution in [0.5, 0.6) is 17.2 Å². The van der Waals surface area contributed by atoms with Gasteiger partial charge in [0.25, 0.3) is 0 Å². The van der Waals surface area contributed by atoms with Gasteiger partial charge in [0.2, 0.25) is 11.7 Å². The molecule has 1 aliphatic rings. The molecule has 1 saturated heterocycles. The van der Waals surface area contributed by atoms with Gasteiger partial charge < -0.3 is 24.3 Å². The molecule has 0 bridgehead atoms. The van der Waals surface area contributed by atoms with Crippen molar-refractivity contribution in [3.63, 3.8) is 0 Å². The molecule has 23 heavy (non-hydrogen) atoms. The molecule has 2 rings (SSSR count). The second-order valence-electron chi connectivity index (χ2n) is 5.14. The summed E-state index contributed by atoms with van der Waals surface area (Å²) >= 11 is 0. The minimum absolute atomic E-state index is 0.128. The molecule has 6 nitrogen and oxygen atoms in total. The summed E-state index contributed by atoms with van der Waals surface area (Å²) in [7, 11) is 4.65. The van der Waals surface area contributed by atoms with Gasteiger partial charge in [0.1, 0.15) is 0 Å². The van der Waals surface area contributed by atoms with E-state index in [0.717, 1.165) is 25.0 Å². The summed E-state index contributed by atoms with van der Waals surface area (Å²) in [5.41, 5.74) is 0.734. The number of amides is 1. The fourth-order valence-corrected chi connectivity index (χ4v) is 2.50. The maximum absolute atomic E-state index is 11.9. The van der Waals surface area contributed by atoms with Crippen molar-refractivity contribution in [2.75, 3.05) is 34.5 Å². The van der Waals surface area contributed by atoms with E-state index in [9.17, 15) is 4.79 Å². The predicted octanol–water partition coefficient (Wildman–Crippen LogP) is 2.02. The minimum Gasteiger partial charge on any atom is -0.493 e. The number of ether oxygens (including phenoxy) is 4. The van der Waals surface area contributed by atoms with E-state index in [2.05, 4.69) is 5.32 Å². The first-order chi connectivity index (χ1) is 11.2. The second-order valence-corrected chi connectivity index (χ2v) is 5.14. The van der Waals surface area contributed by atoms with E-state index in [0.29, 0.717) is 23.8 Å². The van der Waals surface area contributed by atoms with E-state index in [1.807, 2.05) is 6.07 Å². The first-order valence-electron chi connectivity index (χ1n) is 7.56. The molecule has 0 spiro atoms. The molecule has 1 heterocycles. The number of carbonyl (C=O) groups excluding carboxylic acids is 1. The minimum atomic E-state index is -0.169. The van der Waals surface area contributed by atoms with Crippen LogP contribution in [0.1, 0.15) is 18.4 Å². The molecule has 1 aliphatic heterocycles. The molecule has 0 aliphatic carbocycles. The molecule has 1 aromatic rings. The van der Waals surface area contributed by atoms with Gasteiger partial charge in [0.05, 0.1) is 27.4 Å². The molecular weight excluding hydrogens is 298 g/mol. The van der Waals surface area contributed by atoms with E-state index in [4.69, 9.17) is 18.9 Å². The van der Waals surface area contributed by atoms with Crippen LogP contribution in [0.15, 0.2) is 18.2 Å². The Morgan fingerprint density at radius 2 is 2.04 bits per heavy atom. The van der Waals surface area contributed by atoms with E-state index in [1.165, 1.54) is 6.08 Å². The van der Waals surface area contributed by atoms with Crippen LogP contribution in [0, 0.1) is 0 Å². The number of methoxy groups -OCH3 is 3. The molecule has 1 fully saturated rings. The lowest BCUT2D eigenvalue weighted by atomic mass is 10.1. The zero-order valence-corrected chi connectivity index (χ0v) is 13.8. The number of nitrogens with one attached hydrogen (secondary N) is 1. The van der Waals surface area contributed by atoms with Crippen molar-refractivity contribution in [3.05, 3.63) is 23.8 Å². The van der Waals surface area contributed by atoms with Gasteiger partial charge in [-0.25, -0.2) is 0 Å². The summed E-state index contributed by atoms with van der Waals surface area (Å²) in [6.45, 7) is 1.31. The Kier molecular flexibility index (Phi) is 6.29. The van der Waals surface area contributed by atoms with Crippen LogP contribution in [0.4, 0.5) is 0 Å². The number of carbonyl (C=O) groups is 1. The zero-order chi connectivity index (χ0) is 16.7. The van der Waals surface area contributed by atoms with E-state index in [1.54, 1.807) is 33.5 Å². The van der Waals surface area contributed by atoms with Crippen LogP contribution in [-0.4, -0.2) is 46.5 Å². The lowest BCUT2D eigenvalue weighted by molar-refractivity contribution is -0.116. The van der Waals surface area contributed by atoms with Crippen LogP contribution < -0.4 is 19.5 Å². The summed E-state index contributed by atoms with van der Waals surface area (Å²) in [5, 5.41) is 2.84. The summed E-state index contributed by atoms with van der Waals surface area (Å²) in [4.78, 5) is 11.9. The molecule has 0 aromatic heterocycles. The molecule has 6 heteroatoms. The normalized spacial score (nSPS) is 17.3. The molecular formula is C17H23NO5. The standard InChI is InChI=1S/C17H23NO5/c1-20-14-8-6-12(16(21-2)17(14)22-3)7-9-15(19)18-11-13-5-4-10-23-13/h6-9,13H,4-5,10-11H2,1-3H3,(H,18,19)/b9-7+/t13-/m1/s1. The molecule has 0 unspecified atom stereocenters. The van der Waals surface area contributed by atoms with Crippen molar-refractivity contribution in [1.29, 1.82) is 0 Å². The Morgan fingerprint density at radius 3 is 2.65 bits per heavy atom. The molecule has 0 saturated carbocycles. The lowest BCUT2D eigenvalue weighted by Gasteiger charge is -2.14. The topological polar surface area (TPSA) is 66.0 Å². The zero-order valence-electron chi connectivity index (χ0n) is 13.8. The molecule has 0 radical (unpaired) electrons. The average molecular weight is 321 g/mol. The van der Waals surface area contributed by atoms with Crippen molar-refractivity contribution < 1.29 is 23.7 Å². The van der Waals surface area contributed by atoms with E-state index in [-0.39, 0.29) is 12.0 Å². The number of hydrogen-bond donors (Lipinski definition) is 1. The maximum atomic E-state index is 11.9. The Hall–Kier alpha value is -2.21. The van der Waals surface area contributed by atoms with Crippen LogP contribution in [0.25, 0.3) is 6.08 Å². The van der Waals surface area contributed by atoms with Crippen LogP contribution >= 0.6 is 0 Å². The maximum Gasteiger partial charge on any atom is 0.244 e. The quantitative estimate of drug-likeness (QED) is 0.778. The summed E-state index contributed by atoms with van der Waals surface area (Å²) in [6, 6.07) is 3.58. The van der Waals surface area contributed by atoms with Gasteiger partial charge in [0.15, 0.2) is 11.5 Å². The highest BCUT2D eigenvalue weighted by Crippen LogP contribution is 2.40. The summed E-state index contributed by atoms with van der Waals surface area (Å²) in [6.07, 6.45) is 5.33. The molecule has 1 aromatic carbocycles. The smallest absolute Gasteiger partial charge is 0.244 e. The van der Waals surface area contributed by atoms with E-state index >= 15 is 0 Å². The molecule has 1 atom stereocenters. The predicted molar refractivity (Wildman–Crippen MR) is 87.1 cm³/mol. The first-order valence-corrected chi connectivity index (χ1v) is 7.56. The van der Waals surface area contributed by atoms with Gasteiger partial charge >= 0.3 is 0 Å². The highest BCUT2D eigenvalue weighted by molar-refractivity contribution is 5.92. The van der Waals surface area contributed by atoms with Crippen LogP contribution in [0.3, 0.4) is 0 Å². The van der Waals surface area contributed by atoms with Gasteiger partial charge in [-0.05, 0) is 31.1 Å². The third kappa shape index (κ3) is 4.39. The Balaban J connectivity index is 2.04. The Labute approximate surface area is 136 Å². The van der Waals surface area contributed by atoms with Gasteiger partial charge in [0, 0.05) is 24.8 Å². The number of rotatable bonds is 7. The molecule has 1 amide bonds. The van der Waals surface area contributed by atoms with Crippen molar-refractivity contribution in [3.8, 4) is 17.2 Å². The molecule has 1 N–H and O–H groups in total.